The Morgan fingerprint density at radius 2 is 2.05 bits per heavy atom. The molecule has 21 heavy (non-hydrogen) atoms. The standard InChI is InChI=1S/C16H19Cl2NOS/c1-3-6-19-15(16-9-12(20-2)10-21-16)8-11-4-5-13(17)14(18)7-11/h4-5,7,9-10,15,19H,3,6,8H2,1-2H3. The fraction of sp³-hybridized carbons (Fsp3) is 0.375. The second-order valence-electron chi connectivity index (χ2n) is 4.85. The van der Waals surface area contributed by atoms with Crippen molar-refractivity contribution in [2.45, 2.75) is 25.8 Å². The predicted octanol–water partition coefficient (Wildman–Crippen LogP) is 5.35. The summed E-state index contributed by atoms with van der Waals surface area (Å²) in [6.07, 6.45) is 1.97. The van der Waals surface area contributed by atoms with Crippen molar-refractivity contribution in [3.63, 3.8) is 0 Å². The third-order valence-electron chi connectivity index (χ3n) is 3.24. The fourth-order valence-electron chi connectivity index (χ4n) is 2.12. The summed E-state index contributed by atoms with van der Waals surface area (Å²) in [5.74, 6) is 0.910. The number of hydrogen-bond acceptors (Lipinski definition) is 3. The molecule has 1 atom stereocenters. The van der Waals surface area contributed by atoms with Crippen LogP contribution < -0.4 is 10.1 Å². The van der Waals surface area contributed by atoms with Gasteiger partial charge in [0, 0.05) is 16.3 Å². The first-order valence-corrected chi connectivity index (χ1v) is 8.57. The first-order valence-electron chi connectivity index (χ1n) is 6.93. The van der Waals surface area contributed by atoms with Crippen molar-refractivity contribution in [1.82, 2.24) is 5.32 Å². The Bertz CT molecular complexity index is 585. The highest BCUT2D eigenvalue weighted by Crippen LogP contribution is 2.30. The van der Waals surface area contributed by atoms with Crippen molar-refractivity contribution < 1.29 is 4.74 Å². The van der Waals surface area contributed by atoms with Gasteiger partial charge in [-0.05, 0) is 43.1 Å². The van der Waals surface area contributed by atoms with Crippen LogP contribution in [0.3, 0.4) is 0 Å². The number of hydrogen-bond donors (Lipinski definition) is 1. The number of nitrogens with one attached hydrogen (secondary N) is 1. The van der Waals surface area contributed by atoms with E-state index < -0.39 is 0 Å². The number of methoxy groups -OCH3 is 1. The molecule has 0 fully saturated rings. The highest BCUT2D eigenvalue weighted by molar-refractivity contribution is 7.10. The van der Waals surface area contributed by atoms with Crippen LogP contribution in [0.2, 0.25) is 10.0 Å². The van der Waals surface area contributed by atoms with E-state index in [4.69, 9.17) is 27.9 Å². The zero-order valence-electron chi connectivity index (χ0n) is 12.2. The third-order valence-corrected chi connectivity index (χ3v) is 5.00. The average molecular weight is 344 g/mol. The molecule has 0 bridgehead atoms. The first kappa shape index (κ1) is 16.6. The van der Waals surface area contributed by atoms with E-state index in [1.165, 1.54) is 10.4 Å². The van der Waals surface area contributed by atoms with E-state index in [-0.39, 0.29) is 6.04 Å². The summed E-state index contributed by atoms with van der Waals surface area (Å²) in [7, 11) is 1.69. The molecule has 2 nitrogen and oxygen atoms in total. The van der Waals surface area contributed by atoms with Crippen LogP contribution in [-0.2, 0) is 6.42 Å². The lowest BCUT2D eigenvalue weighted by Crippen LogP contribution is -2.23. The van der Waals surface area contributed by atoms with Crippen molar-refractivity contribution in [1.29, 1.82) is 0 Å². The Balaban J connectivity index is 2.17. The Hall–Kier alpha value is -0.740. The largest absolute Gasteiger partial charge is 0.496 e. The smallest absolute Gasteiger partial charge is 0.129 e. The minimum Gasteiger partial charge on any atom is -0.496 e. The lowest BCUT2D eigenvalue weighted by atomic mass is 10.0. The van der Waals surface area contributed by atoms with Crippen LogP contribution >= 0.6 is 34.5 Å². The van der Waals surface area contributed by atoms with Crippen LogP contribution in [0.1, 0.15) is 29.8 Å². The van der Waals surface area contributed by atoms with Gasteiger partial charge in [0.15, 0.2) is 0 Å². The normalized spacial score (nSPS) is 12.4. The molecule has 0 spiro atoms. The molecule has 0 radical (unpaired) electrons. The molecule has 1 N–H and O–H groups in total. The summed E-state index contributed by atoms with van der Waals surface area (Å²) in [5, 5.41) is 6.81. The van der Waals surface area contributed by atoms with Crippen molar-refractivity contribution >= 4 is 34.5 Å². The molecule has 0 saturated heterocycles. The lowest BCUT2D eigenvalue weighted by Gasteiger charge is -2.17. The molecular formula is C16H19Cl2NOS. The Morgan fingerprint density at radius 3 is 2.67 bits per heavy atom. The van der Waals surface area contributed by atoms with Gasteiger partial charge in [0.25, 0.3) is 0 Å². The highest BCUT2D eigenvalue weighted by atomic mass is 35.5. The molecule has 1 aromatic carbocycles. The molecule has 1 unspecified atom stereocenters. The monoisotopic (exact) mass is 343 g/mol. The molecule has 114 valence electrons. The van der Waals surface area contributed by atoms with Gasteiger partial charge in [0.2, 0.25) is 0 Å². The molecule has 0 aliphatic heterocycles. The zero-order chi connectivity index (χ0) is 15.2. The number of halogens is 2. The van der Waals surface area contributed by atoms with Gasteiger partial charge in [0.05, 0.1) is 17.2 Å². The lowest BCUT2D eigenvalue weighted by molar-refractivity contribution is 0.415. The van der Waals surface area contributed by atoms with Gasteiger partial charge >= 0.3 is 0 Å². The van der Waals surface area contributed by atoms with E-state index in [0.29, 0.717) is 10.0 Å². The maximum absolute atomic E-state index is 6.10. The summed E-state index contributed by atoms with van der Waals surface area (Å²) < 4.78 is 5.28. The summed E-state index contributed by atoms with van der Waals surface area (Å²) in [6.45, 7) is 3.14. The quantitative estimate of drug-likeness (QED) is 0.731. The van der Waals surface area contributed by atoms with Crippen molar-refractivity contribution in [3.05, 3.63) is 50.1 Å². The number of thiophene rings is 1. The van der Waals surface area contributed by atoms with E-state index in [1.807, 2.05) is 23.6 Å². The van der Waals surface area contributed by atoms with E-state index in [1.54, 1.807) is 18.4 Å². The van der Waals surface area contributed by atoms with E-state index in [0.717, 1.165) is 25.1 Å². The van der Waals surface area contributed by atoms with Gasteiger partial charge in [-0.2, -0.15) is 0 Å². The Morgan fingerprint density at radius 1 is 1.24 bits per heavy atom. The van der Waals surface area contributed by atoms with E-state index >= 15 is 0 Å². The fourth-order valence-corrected chi connectivity index (χ4v) is 3.37. The summed E-state index contributed by atoms with van der Waals surface area (Å²) in [5.41, 5.74) is 1.17. The minimum absolute atomic E-state index is 0.260. The van der Waals surface area contributed by atoms with E-state index in [9.17, 15) is 0 Å². The first-order chi connectivity index (χ1) is 10.1. The SMILES string of the molecule is CCCNC(Cc1ccc(Cl)c(Cl)c1)c1cc(OC)cs1. The molecular weight excluding hydrogens is 325 g/mol. The van der Waals surface area contributed by atoms with Gasteiger partial charge in [0.1, 0.15) is 5.75 Å². The third kappa shape index (κ3) is 4.62. The van der Waals surface area contributed by atoms with Crippen LogP contribution in [0.4, 0.5) is 0 Å². The van der Waals surface area contributed by atoms with Crippen LogP contribution in [0.5, 0.6) is 5.75 Å². The summed E-state index contributed by atoms with van der Waals surface area (Å²) >= 11 is 13.8. The number of ether oxygens (including phenoxy) is 1. The average Bonchev–Trinajstić information content (AvgIpc) is 2.96. The second-order valence-corrected chi connectivity index (χ2v) is 6.61. The van der Waals surface area contributed by atoms with Gasteiger partial charge < -0.3 is 10.1 Å². The predicted molar refractivity (Wildman–Crippen MR) is 92.1 cm³/mol. The zero-order valence-corrected chi connectivity index (χ0v) is 14.5. The molecule has 1 heterocycles. The molecule has 5 heteroatoms. The van der Waals surface area contributed by atoms with Crippen LogP contribution in [0.15, 0.2) is 29.6 Å². The minimum atomic E-state index is 0.260. The van der Waals surface area contributed by atoms with Crippen LogP contribution in [0.25, 0.3) is 0 Å². The maximum atomic E-state index is 6.10. The topological polar surface area (TPSA) is 21.3 Å². The van der Waals surface area contributed by atoms with Gasteiger partial charge in [-0.3, -0.25) is 0 Å². The van der Waals surface area contributed by atoms with Crippen molar-refractivity contribution in [2.75, 3.05) is 13.7 Å². The Labute approximate surface area is 140 Å². The molecule has 1 aromatic heterocycles. The Kier molecular flexibility index (Phi) is 6.37. The van der Waals surface area contributed by atoms with Gasteiger partial charge in [-0.25, -0.2) is 0 Å². The molecule has 2 rings (SSSR count). The maximum Gasteiger partial charge on any atom is 0.129 e. The molecule has 0 saturated carbocycles. The van der Waals surface area contributed by atoms with Crippen molar-refractivity contribution in [2.24, 2.45) is 0 Å². The molecule has 0 aliphatic carbocycles. The second kappa shape index (κ2) is 8.04. The van der Waals surface area contributed by atoms with Crippen LogP contribution in [0, 0.1) is 0 Å². The van der Waals surface area contributed by atoms with E-state index in [2.05, 4.69) is 18.3 Å². The van der Waals surface area contributed by atoms with Crippen LogP contribution in [-0.4, -0.2) is 13.7 Å². The summed E-state index contributed by atoms with van der Waals surface area (Å²) in [6, 6.07) is 8.17. The molecule has 0 amide bonds. The summed E-state index contributed by atoms with van der Waals surface area (Å²) in [4.78, 5) is 1.27. The number of rotatable bonds is 7. The number of benzene rings is 1. The molecule has 0 aliphatic rings. The van der Waals surface area contributed by atoms with Gasteiger partial charge in [-0.1, -0.05) is 36.2 Å². The molecule has 2 aromatic rings. The van der Waals surface area contributed by atoms with Gasteiger partial charge in [-0.15, -0.1) is 11.3 Å². The van der Waals surface area contributed by atoms with Crippen molar-refractivity contribution in [3.8, 4) is 5.75 Å². The highest BCUT2D eigenvalue weighted by Gasteiger charge is 2.15.